The fraction of sp³-hybridized carbons (Fsp3) is 0.467. The highest BCUT2D eigenvalue weighted by atomic mass is 15.1. The quantitative estimate of drug-likeness (QED) is 0.849. The standard InChI is InChI=1S/C15H22N6/c1-5-6-13-20-14(16-4)10(2)15(21-13)18-9-12-7-8-17-11(3)19-12/h7-8H,5-6,9H2,1-4H3,(H2,16,18,20,21). The zero-order valence-corrected chi connectivity index (χ0v) is 13.1. The minimum atomic E-state index is 0.621. The molecule has 0 amide bonds. The lowest BCUT2D eigenvalue weighted by molar-refractivity contribution is 0.830. The SMILES string of the molecule is CCCc1nc(NC)c(C)c(NCc2ccnc(C)n2)n1. The van der Waals surface area contributed by atoms with Gasteiger partial charge in [-0.3, -0.25) is 0 Å². The summed E-state index contributed by atoms with van der Waals surface area (Å²) in [6.07, 6.45) is 3.67. The van der Waals surface area contributed by atoms with Crippen LogP contribution in [0, 0.1) is 13.8 Å². The molecule has 0 unspecified atom stereocenters. The predicted octanol–water partition coefficient (Wildman–Crippen LogP) is 2.49. The number of anilines is 2. The molecular weight excluding hydrogens is 264 g/mol. The van der Waals surface area contributed by atoms with Gasteiger partial charge in [0.05, 0.1) is 12.2 Å². The zero-order valence-electron chi connectivity index (χ0n) is 13.1. The van der Waals surface area contributed by atoms with Crippen LogP contribution in [-0.4, -0.2) is 27.0 Å². The Kier molecular flexibility index (Phi) is 5.03. The molecule has 0 aliphatic carbocycles. The maximum absolute atomic E-state index is 4.60. The second-order valence-corrected chi connectivity index (χ2v) is 4.91. The summed E-state index contributed by atoms with van der Waals surface area (Å²) < 4.78 is 0. The van der Waals surface area contributed by atoms with Gasteiger partial charge in [0, 0.05) is 25.2 Å². The van der Waals surface area contributed by atoms with Crippen LogP contribution in [0.1, 0.15) is 36.3 Å². The maximum atomic E-state index is 4.60. The number of aromatic nitrogens is 4. The van der Waals surface area contributed by atoms with Crippen molar-refractivity contribution in [2.45, 2.75) is 40.2 Å². The molecule has 0 aromatic carbocycles. The Labute approximate surface area is 125 Å². The van der Waals surface area contributed by atoms with Crippen LogP contribution in [0.25, 0.3) is 0 Å². The van der Waals surface area contributed by atoms with E-state index < -0.39 is 0 Å². The smallest absolute Gasteiger partial charge is 0.135 e. The molecule has 6 nitrogen and oxygen atoms in total. The zero-order chi connectivity index (χ0) is 15.2. The molecule has 0 fully saturated rings. The Morgan fingerprint density at radius 1 is 1.10 bits per heavy atom. The van der Waals surface area contributed by atoms with Gasteiger partial charge >= 0.3 is 0 Å². The molecule has 21 heavy (non-hydrogen) atoms. The van der Waals surface area contributed by atoms with Crippen LogP contribution < -0.4 is 10.6 Å². The van der Waals surface area contributed by atoms with E-state index in [1.54, 1.807) is 6.20 Å². The molecule has 0 bridgehead atoms. The van der Waals surface area contributed by atoms with Crippen LogP contribution >= 0.6 is 0 Å². The molecule has 0 saturated heterocycles. The van der Waals surface area contributed by atoms with Crippen molar-refractivity contribution in [3.63, 3.8) is 0 Å². The third-order valence-corrected chi connectivity index (χ3v) is 3.17. The summed E-state index contributed by atoms with van der Waals surface area (Å²) in [7, 11) is 1.88. The van der Waals surface area contributed by atoms with Crippen molar-refractivity contribution in [3.8, 4) is 0 Å². The molecule has 0 spiro atoms. The van der Waals surface area contributed by atoms with Gasteiger partial charge in [-0.05, 0) is 26.3 Å². The van der Waals surface area contributed by atoms with Crippen molar-refractivity contribution >= 4 is 11.6 Å². The van der Waals surface area contributed by atoms with Crippen molar-refractivity contribution < 1.29 is 0 Å². The van der Waals surface area contributed by atoms with Crippen molar-refractivity contribution in [1.82, 2.24) is 19.9 Å². The summed E-state index contributed by atoms with van der Waals surface area (Å²) in [4.78, 5) is 17.6. The molecule has 0 radical (unpaired) electrons. The monoisotopic (exact) mass is 286 g/mol. The fourth-order valence-corrected chi connectivity index (χ4v) is 2.09. The van der Waals surface area contributed by atoms with Gasteiger partial charge < -0.3 is 10.6 Å². The molecule has 112 valence electrons. The van der Waals surface area contributed by atoms with Crippen molar-refractivity contribution in [2.75, 3.05) is 17.7 Å². The van der Waals surface area contributed by atoms with Crippen LogP contribution in [0.5, 0.6) is 0 Å². The first-order chi connectivity index (χ1) is 10.1. The number of nitrogens with one attached hydrogen (secondary N) is 2. The first-order valence-corrected chi connectivity index (χ1v) is 7.21. The normalized spacial score (nSPS) is 10.5. The fourth-order valence-electron chi connectivity index (χ4n) is 2.09. The van der Waals surface area contributed by atoms with Crippen LogP contribution in [0.3, 0.4) is 0 Å². The third kappa shape index (κ3) is 3.87. The predicted molar refractivity (Wildman–Crippen MR) is 84.4 cm³/mol. The van der Waals surface area contributed by atoms with E-state index in [0.29, 0.717) is 6.54 Å². The number of aryl methyl sites for hydroxylation is 2. The molecule has 0 aliphatic heterocycles. The second-order valence-electron chi connectivity index (χ2n) is 4.91. The lowest BCUT2D eigenvalue weighted by Gasteiger charge is -2.13. The molecular formula is C15H22N6. The Balaban J connectivity index is 2.20. The number of nitrogens with zero attached hydrogens (tertiary/aromatic N) is 4. The summed E-state index contributed by atoms with van der Waals surface area (Å²) in [6, 6.07) is 1.91. The Morgan fingerprint density at radius 2 is 1.86 bits per heavy atom. The highest BCUT2D eigenvalue weighted by Gasteiger charge is 2.09. The van der Waals surface area contributed by atoms with Gasteiger partial charge in [0.2, 0.25) is 0 Å². The molecule has 2 rings (SSSR count). The minimum absolute atomic E-state index is 0.621. The topological polar surface area (TPSA) is 75.6 Å². The first-order valence-electron chi connectivity index (χ1n) is 7.21. The first kappa shape index (κ1) is 15.2. The van der Waals surface area contributed by atoms with Crippen LogP contribution in [0.2, 0.25) is 0 Å². The Hall–Kier alpha value is -2.24. The maximum Gasteiger partial charge on any atom is 0.135 e. The number of rotatable bonds is 6. The lowest BCUT2D eigenvalue weighted by atomic mass is 10.2. The van der Waals surface area contributed by atoms with Crippen LogP contribution in [-0.2, 0) is 13.0 Å². The highest BCUT2D eigenvalue weighted by Crippen LogP contribution is 2.20. The molecule has 2 N–H and O–H groups in total. The largest absolute Gasteiger partial charge is 0.373 e. The summed E-state index contributed by atoms with van der Waals surface area (Å²) >= 11 is 0. The van der Waals surface area contributed by atoms with E-state index in [4.69, 9.17) is 0 Å². The van der Waals surface area contributed by atoms with Crippen LogP contribution in [0.4, 0.5) is 11.6 Å². The molecule has 2 heterocycles. The van der Waals surface area contributed by atoms with Crippen molar-refractivity contribution in [3.05, 3.63) is 35.2 Å². The number of hydrogen-bond acceptors (Lipinski definition) is 6. The van der Waals surface area contributed by atoms with Gasteiger partial charge in [-0.15, -0.1) is 0 Å². The average molecular weight is 286 g/mol. The summed E-state index contributed by atoms with van der Waals surface area (Å²) in [6.45, 7) is 6.64. The summed E-state index contributed by atoms with van der Waals surface area (Å²) in [5.74, 6) is 3.36. The number of hydrogen-bond donors (Lipinski definition) is 2. The van der Waals surface area contributed by atoms with Crippen molar-refractivity contribution in [1.29, 1.82) is 0 Å². The van der Waals surface area contributed by atoms with E-state index in [0.717, 1.165) is 47.4 Å². The van der Waals surface area contributed by atoms with E-state index in [1.807, 2.05) is 27.0 Å². The van der Waals surface area contributed by atoms with E-state index in [2.05, 4.69) is 37.5 Å². The summed E-state index contributed by atoms with van der Waals surface area (Å²) in [5, 5.41) is 6.47. The Morgan fingerprint density at radius 3 is 2.52 bits per heavy atom. The third-order valence-electron chi connectivity index (χ3n) is 3.17. The molecule has 0 aliphatic rings. The molecule has 2 aromatic heterocycles. The van der Waals surface area contributed by atoms with Gasteiger partial charge in [-0.2, -0.15) is 0 Å². The second kappa shape index (κ2) is 6.97. The lowest BCUT2D eigenvalue weighted by Crippen LogP contribution is -2.10. The minimum Gasteiger partial charge on any atom is -0.373 e. The van der Waals surface area contributed by atoms with E-state index in [-0.39, 0.29) is 0 Å². The van der Waals surface area contributed by atoms with E-state index in [1.165, 1.54) is 0 Å². The Bertz CT molecular complexity index is 611. The molecule has 6 heteroatoms. The van der Waals surface area contributed by atoms with Gasteiger partial charge in [0.1, 0.15) is 23.3 Å². The molecule has 0 atom stereocenters. The van der Waals surface area contributed by atoms with E-state index in [9.17, 15) is 0 Å². The average Bonchev–Trinajstić information content (AvgIpc) is 2.48. The van der Waals surface area contributed by atoms with E-state index >= 15 is 0 Å². The molecule has 2 aromatic rings. The van der Waals surface area contributed by atoms with Gasteiger partial charge in [0.15, 0.2) is 0 Å². The van der Waals surface area contributed by atoms with Crippen molar-refractivity contribution in [2.24, 2.45) is 0 Å². The van der Waals surface area contributed by atoms with Gasteiger partial charge in [-0.1, -0.05) is 6.92 Å². The molecule has 0 saturated carbocycles. The highest BCUT2D eigenvalue weighted by molar-refractivity contribution is 5.57. The summed E-state index contributed by atoms with van der Waals surface area (Å²) in [5.41, 5.74) is 1.96. The van der Waals surface area contributed by atoms with Crippen LogP contribution in [0.15, 0.2) is 12.3 Å². The van der Waals surface area contributed by atoms with Gasteiger partial charge in [-0.25, -0.2) is 19.9 Å². The van der Waals surface area contributed by atoms with Gasteiger partial charge in [0.25, 0.3) is 0 Å².